The fourth-order valence-electron chi connectivity index (χ4n) is 1.45. The third-order valence-corrected chi connectivity index (χ3v) is 4.77. The monoisotopic (exact) mass is 238 g/mol. The van der Waals surface area contributed by atoms with Gasteiger partial charge in [0, 0.05) is 10.9 Å². The van der Waals surface area contributed by atoms with Crippen molar-refractivity contribution in [1.82, 2.24) is 10.3 Å². The molecule has 0 aliphatic rings. The van der Waals surface area contributed by atoms with Crippen molar-refractivity contribution in [1.29, 1.82) is 0 Å². The normalized spacial score (nSPS) is 13.0. The lowest BCUT2D eigenvalue weighted by atomic mass is 10.2. The topological polar surface area (TPSA) is 24.9 Å². The molecule has 0 radical (unpaired) electrons. The van der Waals surface area contributed by atoms with Gasteiger partial charge in [-0.3, -0.25) is 0 Å². The van der Waals surface area contributed by atoms with Gasteiger partial charge in [-0.25, -0.2) is 4.98 Å². The van der Waals surface area contributed by atoms with Crippen LogP contribution in [0, 0.1) is 6.92 Å². The number of thiazole rings is 1. The van der Waals surface area contributed by atoms with Gasteiger partial charge in [0.25, 0.3) is 0 Å². The van der Waals surface area contributed by atoms with Gasteiger partial charge >= 0.3 is 0 Å². The number of hydrogen-bond donors (Lipinski definition) is 1. The van der Waals surface area contributed by atoms with Gasteiger partial charge in [0.05, 0.1) is 10.6 Å². The van der Waals surface area contributed by atoms with Crippen molar-refractivity contribution in [3.63, 3.8) is 0 Å². The molecule has 0 aliphatic heterocycles. The van der Waals surface area contributed by atoms with Crippen LogP contribution in [0.5, 0.6) is 0 Å². The van der Waals surface area contributed by atoms with Crippen molar-refractivity contribution in [2.45, 2.75) is 19.9 Å². The molecule has 0 aromatic carbocycles. The molecule has 0 saturated heterocycles. The highest BCUT2D eigenvalue weighted by Gasteiger charge is 2.13. The first-order chi connectivity index (χ1) is 7.22. The van der Waals surface area contributed by atoms with Crippen LogP contribution in [0.25, 0.3) is 9.88 Å². The van der Waals surface area contributed by atoms with Crippen molar-refractivity contribution in [3.8, 4) is 9.88 Å². The summed E-state index contributed by atoms with van der Waals surface area (Å²) in [6.07, 6.45) is 0. The van der Waals surface area contributed by atoms with E-state index in [-0.39, 0.29) is 0 Å². The summed E-state index contributed by atoms with van der Waals surface area (Å²) in [5.74, 6) is 0. The van der Waals surface area contributed by atoms with Crippen molar-refractivity contribution < 1.29 is 0 Å². The van der Waals surface area contributed by atoms with Gasteiger partial charge in [0.2, 0.25) is 0 Å². The summed E-state index contributed by atoms with van der Waals surface area (Å²) in [7, 11) is 1.98. The standard InChI is InChI=1S/C11H14N2S2/c1-7(12-3)10-8(2)13-11(15-10)9-5-4-6-14-9/h4-7,12H,1-3H3. The first kappa shape index (κ1) is 10.8. The molecule has 1 unspecified atom stereocenters. The molecule has 1 N–H and O–H groups in total. The predicted octanol–water partition coefficient (Wildman–Crippen LogP) is 3.46. The maximum absolute atomic E-state index is 4.61. The quantitative estimate of drug-likeness (QED) is 0.885. The second-order valence-corrected chi connectivity index (χ2v) is 5.43. The first-order valence-electron chi connectivity index (χ1n) is 4.91. The molecule has 4 heteroatoms. The molecule has 2 heterocycles. The number of thiophene rings is 1. The molecular weight excluding hydrogens is 224 g/mol. The minimum atomic E-state index is 0.385. The molecule has 0 amide bonds. The molecule has 2 rings (SSSR count). The van der Waals surface area contributed by atoms with Crippen molar-refractivity contribution in [2.24, 2.45) is 0 Å². The highest BCUT2D eigenvalue weighted by Crippen LogP contribution is 2.33. The molecular formula is C11H14N2S2. The Kier molecular flexibility index (Phi) is 3.19. The van der Waals surface area contributed by atoms with Gasteiger partial charge in [-0.1, -0.05) is 6.07 Å². The maximum atomic E-state index is 4.61. The Labute approximate surface area is 98.0 Å². The average Bonchev–Trinajstić information content (AvgIpc) is 2.84. The zero-order valence-corrected chi connectivity index (χ0v) is 10.7. The first-order valence-corrected chi connectivity index (χ1v) is 6.60. The molecule has 80 valence electrons. The van der Waals surface area contributed by atoms with Crippen molar-refractivity contribution in [3.05, 3.63) is 28.1 Å². The van der Waals surface area contributed by atoms with Gasteiger partial charge in [-0.15, -0.1) is 22.7 Å². The van der Waals surface area contributed by atoms with Gasteiger partial charge < -0.3 is 5.32 Å². The third kappa shape index (κ3) is 2.12. The average molecular weight is 238 g/mol. The van der Waals surface area contributed by atoms with E-state index in [4.69, 9.17) is 0 Å². The van der Waals surface area contributed by atoms with E-state index in [1.54, 1.807) is 22.7 Å². The lowest BCUT2D eigenvalue weighted by Gasteiger charge is -2.06. The van der Waals surface area contributed by atoms with Crippen molar-refractivity contribution >= 4 is 22.7 Å². The van der Waals surface area contributed by atoms with Crippen LogP contribution in [0.1, 0.15) is 23.5 Å². The Bertz CT molecular complexity index is 431. The highest BCUT2D eigenvalue weighted by atomic mass is 32.1. The molecule has 0 aliphatic carbocycles. The van der Waals surface area contributed by atoms with Gasteiger partial charge in [-0.2, -0.15) is 0 Å². The fourth-order valence-corrected chi connectivity index (χ4v) is 3.37. The van der Waals surface area contributed by atoms with Crippen LogP contribution in [0.15, 0.2) is 17.5 Å². The summed E-state index contributed by atoms with van der Waals surface area (Å²) in [4.78, 5) is 7.21. The van der Waals surface area contributed by atoms with E-state index in [1.165, 1.54) is 9.75 Å². The Morgan fingerprint density at radius 1 is 1.47 bits per heavy atom. The van der Waals surface area contributed by atoms with Crippen LogP contribution >= 0.6 is 22.7 Å². The van der Waals surface area contributed by atoms with E-state index in [0.29, 0.717) is 6.04 Å². The van der Waals surface area contributed by atoms with E-state index < -0.39 is 0 Å². The van der Waals surface area contributed by atoms with Crippen LogP contribution < -0.4 is 5.32 Å². The third-order valence-electron chi connectivity index (χ3n) is 2.39. The number of hydrogen-bond acceptors (Lipinski definition) is 4. The minimum absolute atomic E-state index is 0.385. The molecule has 1 atom stereocenters. The van der Waals surface area contributed by atoms with Crippen LogP contribution in [0.2, 0.25) is 0 Å². The smallest absolute Gasteiger partial charge is 0.133 e. The number of nitrogens with one attached hydrogen (secondary N) is 1. The molecule has 2 aromatic rings. The zero-order valence-electron chi connectivity index (χ0n) is 9.07. The van der Waals surface area contributed by atoms with E-state index in [9.17, 15) is 0 Å². The summed E-state index contributed by atoms with van der Waals surface area (Å²) < 4.78 is 0. The summed E-state index contributed by atoms with van der Waals surface area (Å²) in [5, 5.41) is 6.48. The van der Waals surface area contributed by atoms with E-state index in [1.807, 2.05) is 7.05 Å². The molecule has 2 aromatic heterocycles. The lowest BCUT2D eigenvalue weighted by molar-refractivity contribution is 0.658. The SMILES string of the molecule is CNC(C)c1sc(-c2cccs2)nc1C. The molecule has 0 spiro atoms. The van der Waals surface area contributed by atoms with Crippen LogP contribution in [0.4, 0.5) is 0 Å². The largest absolute Gasteiger partial charge is 0.312 e. The molecule has 0 saturated carbocycles. The molecule has 15 heavy (non-hydrogen) atoms. The van der Waals surface area contributed by atoms with E-state index >= 15 is 0 Å². The van der Waals surface area contributed by atoms with Crippen molar-refractivity contribution in [2.75, 3.05) is 7.05 Å². The number of nitrogens with zero attached hydrogens (tertiary/aromatic N) is 1. The summed E-state index contributed by atoms with van der Waals surface area (Å²) in [5.41, 5.74) is 1.14. The van der Waals surface area contributed by atoms with Crippen LogP contribution in [0.3, 0.4) is 0 Å². The highest BCUT2D eigenvalue weighted by molar-refractivity contribution is 7.21. The number of rotatable bonds is 3. The molecule has 0 bridgehead atoms. The van der Waals surface area contributed by atoms with E-state index in [0.717, 1.165) is 10.7 Å². The Morgan fingerprint density at radius 3 is 2.87 bits per heavy atom. The lowest BCUT2D eigenvalue weighted by Crippen LogP contribution is -2.11. The number of aryl methyl sites for hydroxylation is 1. The summed E-state index contributed by atoms with van der Waals surface area (Å²) in [6, 6.07) is 4.57. The fraction of sp³-hybridized carbons (Fsp3) is 0.364. The maximum Gasteiger partial charge on any atom is 0.133 e. The molecule has 0 fully saturated rings. The second kappa shape index (κ2) is 4.43. The second-order valence-electron chi connectivity index (χ2n) is 3.46. The van der Waals surface area contributed by atoms with Gasteiger partial charge in [-0.05, 0) is 32.3 Å². The van der Waals surface area contributed by atoms with Crippen LogP contribution in [-0.4, -0.2) is 12.0 Å². The van der Waals surface area contributed by atoms with Gasteiger partial charge in [0.1, 0.15) is 5.01 Å². The summed E-state index contributed by atoms with van der Waals surface area (Å²) in [6.45, 7) is 4.25. The van der Waals surface area contributed by atoms with Crippen LogP contribution in [-0.2, 0) is 0 Å². The van der Waals surface area contributed by atoms with E-state index in [2.05, 4.69) is 41.7 Å². The Morgan fingerprint density at radius 2 is 2.27 bits per heavy atom. The Balaban J connectivity index is 2.37. The predicted molar refractivity (Wildman–Crippen MR) is 67.6 cm³/mol. The van der Waals surface area contributed by atoms with Gasteiger partial charge in [0.15, 0.2) is 0 Å². The Hall–Kier alpha value is -0.710. The zero-order chi connectivity index (χ0) is 10.8. The molecule has 2 nitrogen and oxygen atoms in total. The number of aromatic nitrogens is 1. The summed E-state index contributed by atoms with van der Waals surface area (Å²) >= 11 is 3.53. The minimum Gasteiger partial charge on any atom is -0.312 e.